The minimum Gasteiger partial charge on any atom is -0.369 e. The number of hydrogen-bond acceptors (Lipinski definition) is 4. The van der Waals surface area contributed by atoms with E-state index in [0.29, 0.717) is 5.95 Å². The Morgan fingerprint density at radius 1 is 1.10 bits per heavy atom. The summed E-state index contributed by atoms with van der Waals surface area (Å²) in [5, 5.41) is 7.65. The summed E-state index contributed by atoms with van der Waals surface area (Å²) in [5.74, 6) is 2.51. The molecular formula is C17H24N4. The number of rotatable bonds is 5. The summed E-state index contributed by atoms with van der Waals surface area (Å²) in [7, 11) is 1.86. The normalized spacial score (nSPS) is 16.0. The number of aromatic nitrogens is 2. The zero-order valence-electron chi connectivity index (χ0n) is 12.7. The van der Waals surface area contributed by atoms with Gasteiger partial charge in [-0.25, -0.2) is 4.98 Å². The van der Waals surface area contributed by atoms with Gasteiger partial charge in [-0.1, -0.05) is 44.2 Å². The van der Waals surface area contributed by atoms with Gasteiger partial charge in [0, 0.05) is 19.0 Å². The minimum atomic E-state index is 0.675. The Labute approximate surface area is 126 Å². The maximum absolute atomic E-state index is 4.57. The molecule has 1 saturated carbocycles. The summed E-state index contributed by atoms with van der Waals surface area (Å²) in [6, 6.07) is 8.17. The lowest BCUT2D eigenvalue weighted by molar-refractivity contribution is 0.345. The monoisotopic (exact) mass is 284 g/mol. The third kappa shape index (κ3) is 3.43. The van der Waals surface area contributed by atoms with Gasteiger partial charge >= 0.3 is 0 Å². The van der Waals surface area contributed by atoms with Crippen LogP contribution in [0.25, 0.3) is 10.9 Å². The summed E-state index contributed by atoms with van der Waals surface area (Å²) in [5.41, 5.74) is 0.983. The molecule has 1 fully saturated rings. The van der Waals surface area contributed by atoms with E-state index in [2.05, 4.69) is 26.7 Å². The molecule has 1 aromatic carbocycles. The first-order valence-electron chi connectivity index (χ1n) is 8.05. The molecule has 2 N–H and O–H groups in total. The molecule has 21 heavy (non-hydrogen) atoms. The van der Waals surface area contributed by atoms with Gasteiger partial charge in [0.1, 0.15) is 5.82 Å². The van der Waals surface area contributed by atoms with Crippen molar-refractivity contribution in [2.45, 2.75) is 38.5 Å². The van der Waals surface area contributed by atoms with Crippen LogP contribution in [0.2, 0.25) is 0 Å². The zero-order chi connectivity index (χ0) is 14.5. The molecule has 1 aromatic heterocycles. The van der Waals surface area contributed by atoms with Crippen molar-refractivity contribution in [3.63, 3.8) is 0 Å². The second-order valence-electron chi connectivity index (χ2n) is 5.88. The highest BCUT2D eigenvalue weighted by atomic mass is 15.1. The molecule has 0 aliphatic heterocycles. The van der Waals surface area contributed by atoms with E-state index >= 15 is 0 Å². The SMILES string of the molecule is CNc1nc(NCCC2CCCCC2)c2ccccc2n1. The van der Waals surface area contributed by atoms with Gasteiger partial charge in [0.25, 0.3) is 0 Å². The number of hydrogen-bond donors (Lipinski definition) is 2. The minimum absolute atomic E-state index is 0.675. The Morgan fingerprint density at radius 3 is 2.71 bits per heavy atom. The van der Waals surface area contributed by atoms with Crippen LogP contribution in [0.3, 0.4) is 0 Å². The van der Waals surface area contributed by atoms with E-state index in [0.717, 1.165) is 29.2 Å². The van der Waals surface area contributed by atoms with Gasteiger partial charge in [-0.2, -0.15) is 4.98 Å². The number of nitrogens with one attached hydrogen (secondary N) is 2. The quantitative estimate of drug-likeness (QED) is 0.869. The standard InChI is InChI=1S/C17H24N4/c1-18-17-20-15-10-6-5-9-14(15)16(21-17)19-12-11-13-7-3-2-4-8-13/h5-6,9-10,13H,2-4,7-8,11-12H2,1H3,(H2,18,19,20,21). The molecule has 4 heteroatoms. The molecule has 1 aliphatic carbocycles. The zero-order valence-corrected chi connectivity index (χ0v) is 12.7. The maximum Gasteiger partial charge on any atom is 0.224 e. The van der Waals surface area contributed by atoms with Crippen molar-refractivity contribution in [3.05, 3.63) is 24.3 Å². The van der Waals surface area contributed by atoms with E-state index in [1.807, 2.05) is 25.2 Å². The molecule has 3 rings (SSSR count). The Kier molecular flexibility index (Phi) is 4.53. The molecule has 0 unspecified atom stereocenters. The molecule has 0 bridgehead atoms. The molecular weight excluding hydrogens is 260 g/mol. The second-order valence-corrected chi connectivity index (χ2v) is 5.88. The van der Waals surface area contributed by atoms with Crippen LogP contribution in [0.5, 0.6) is 0 Å². The Balaban J connectivity index is 1.70. The van der Waals surface area contributed by atoms with Crippen LogP contribution in [0.15, 0.2) is 24.3 Å². The average molecular weight is 284 g/mol. The predicted octanol–water partition coefficient (Wildman–Crippen LogP) is 4.05. The molecule has 4 nitrogen and oxygen atoms in total. The smallest absolute Gasteiger partial charge is 0.224 e. The van der Waals surface area contributed by atoms with Crippen molar-refractivity contribution < 1.29 is 0 Å². The van der Waals surface area contributed by atoms with E-state index in [1.54, 1.807) is 0 Å². The van der Waals surface area contributed by atoms with E-state index in [4.69, 9.17) is 0 Å². The molecule has 1 heterocycles. The third-order valence-electron chi connectivity index (χ3n) is 4.40. The Bertz CT molecular complexity index is 590. The first-order valence-corrected chi connectivity index (χ1v) is 8.05. The third-order valence-corrected chi connectivity index (χ3v) is 4.40. The van der Waals surface area contributed by atoms with Crippen LogP contribution in [0.1, 0.15) is 38.5 Å². The topological polar surface area (TPSA) is 49.8 Å². The molecule has 1 aliphatic rings. The van der Waals surface area contributed by atoms with E-state index in [1.165, 1.54) is 38.5 Å². The number of nitrogens with zero attached hydrogens (tertiary/aromatic N) is 2. The van der Waals surface area contributed by atoms with Crippen molar-refractivity contribution in [2.75, 3.05) is 24.2 Å². The average Bonchev–Trinajstić information content (AvgIpc) is 2.55. The number of benzene rings is 1. The van der Waals surface area contributed by atoms with Crippen molar-refractivity contribution in [1.82, 2.24) is 9.97 Å². The Morgan fingerprint density at radius 2 is 1.90 bits per heavy atom. The van der Waals surface area contributed by atoms with Crippen LogP contribution >= 0.6 is 0 Å². The fraction of sp³-hybridized carbons (Fsp3) is 0.529. The molecule has 0 spiro atoms. The highest BCUT2D eigenvalue weighted by molar-refractivity contribution is 5.89. The number of fused-ring (bicyclic) bond motifs is 1. The highest BCUT2D eigenvalue weighted by Gasteiger charge is 2.13. The van der Waals surface area contributed by atoms with Gasteiger partial charge in [0.2, 0.25) is 5.95 Å². The van der Waals surface area contributed by atoms with E-state index < -0.39 is 0 Å². The van der Waals surface area contributed by atoms with Crippen LogP contribution in [0.4, 0.5) is 11.8 Å². The van der Waals surface area contributed by atoms with E-state index in [-0.39, 0.29) is 0 Å². The number of para-hydroxylation sites is 1. The Hall–Kier alpha value is -1.84. The molecule has 0 saturated heterocycles. The van der Waals surface area contributed by atoms with Gasteiger partial charge in [-0.15, -0.1) is 0 Å². The van der Waals surface area contributed by atoms with Crippen molar-refractivity contribution in [3.8, 4) is 0 Å². The summed E-state index contributed by atoms with van der Waals surface area (Å²) in [6.45, 7) is 0.995. The summed E-state index contributed by atoms with van der Waals surface area (Å²) < 4.78 is 0. The lowest BCUT2D eigenvalue weighted by Crippen LogP contribution is -2.13. The highest BCUT2D eigenvalue weighted by Crippen LogP contribution is 2.27. The summed E-state index contributed by atoms with van der Waals surface area (Å²) in [6.07, 6.45) is 8.27. The van der Waals surface area contributed by atoms with Gasteiger partial charge in [-0.3, -0.25) is 0 Å². The van der Waals surface area contributed by atoms with Crippen molar-refractivity contribution in [1.29, 1.82) is 0 Å². The molecule has 0 atom stereocenters. The number of anilines is 2. The summed E-state index contributed by atoms with van der Waals surface area (Å²) in [4.78, 5) is 9.06. The van der Waals surface area contributed by atoms with Gasteiger partial charge < -0.3 is 10.6 Å². The maximum atomic E-state index is 4.57. The molecule has 0 amide bonds. The predicted molar refractivity (Wildman–Crippen MR) is 88.8 cm³/mol. The first-order chi connectivity index (χ1) is 10.4. The van der Waals surface area contributed by atoms with Crippen molar-refractivity contribution >= 4 is 22.7 Å². The summed E-state index contributed by atoms with van der Waals surface area (Å²) >= 11 is 0. The molecule has 2 aromatic rings. The van der Waals surface area contributed by atoms with Crippen LogP contribution in [0, 0.1) is 5.92 Å². The largest absolute Gasteiger partial charge is 0.369 e. The lowest BCUT2D eigenvalue weighted by Gasteiger charge is -2.21. The van der Waals surface area contributed by atoms with Gasteiger partial charge in [0.15, 0.2) is 0 Å². The van der Waals surface area contributed by atoms with Crippen LogP contribution in [-0.4, -0.2) is 23.6 Å². The molecule has 0 radical (unpaired) electrons. The van der Waals surface area contributed by atoms with Gasteiger partial charge in [-0.05, 0) is 24.5 Å². The van der Waals surface area contributed by atoms with Crippen molar-refractivity contribution in [2.24, 2.45) is 5.92 Å². The van der Waals surface area contributed by atoms with E-state index in [9.17, 15) is 0 Å². The fourth-order valence-electron chi connectivity index (χ4n) is 3.19. The second kappa shape index (κ2) is 6.74. The lowest BCUT2D eigenvalue weighted by atomic mass is 9.87. The first kappa shape index (κ1) is 14.1. The van der Waals surface area contributed by atoms with Crippen LogP contribution in [-0.2, 0) is 0 Å². The van der Waals surface area contributed by atoms with Crippen LogP contribution < -0.4 is 10.6 Å². The molecule has 112 valence electrons. The fourth-order valence-corrected chi connectivity index (χ4v) is 3.19. The van der Waals surface area contributed by atoms with Gasteiger partial charge in [0.05, 0.1) is 5.52 Å².